The minimum absolute atomic E-state index is 0. The first-order chi connectivity index (χ1) is 19.4. The summed E-state index contributed by atoms with van der Waals surface area (Å²) in [5.74, 6) is -5.55. The number of hydrogen-bond acceptors (Lipinski definition) is 12. The summed E-state index contributed by atoms with van der Waals surface area (Å²) in [6.07, 6.45) is 13.4. The Bertz CT molecular complexity index is 814. The molecule has 0 aliphatic rings. The second-order valence-electron chi connectivity index (χ2n) is 9.73. The Balaban J connectivity index is -0.000000341. The molecule has 0 aliphatic heterocycles. The minimum Gasteiger partial charge on any atom is -0.550 e. The molecule has 4 N–H and O–H groups in total. The van der Waals surface area contributed by atoms with Crippen molar-refractivity contribution in [3.8, 4) is 0 Å². The van der Waals surface area contributed by atoms with E-state index in [1.54, 1.807) is 0 Å². The molecule has 2 atom stereocenters. The monoisotopic (exact) mass is 646 g/mol. The molecule has 0 saturated carbocycles. The molecule has 0 heterocycles. The van der Waals surface area contributed by atoms with Crippen LogP contribution in [0.5, 0.6) is 0 Å². The van der Waals surface area contributed by atoms with E-state index in [4.69, 9.17) is 11.5 Å². The number of allylic oxidation sites excluding steroid dienone is 1. The normalized spacial score (nSPS) is 11.2. The summed E-state index contributed by atoms with van der Waals surface area (Å²) < 4.78 is 9.11. The first-order valence-corrected chi connectivity index (χ1v) is 14.4. The zero-order valence-corrected chi connectivity index (χ0v) is 31.5. The fourth-order valence-corrected chi connectivity index (χ4v) is 3.40. The van der Waals surface area contributed by atoms with Crippen LogP contribution < -0.4 is 103 Å². The molecule has 0 amide bonds. The molecule has 0 aromatic heterocycles. The van der Waals surface area contributed by atoms with Gasteiger partial charge >= 0.3 is 105 Å². The predicted molar refractivity (Wildman–Crippen MR) is 147 cm³/mol. The van der Waals surface area contributed by atoms with E-state index in [1.807, 2.05) is 6.08 Å². The van der Waals surface area contributed by atoms with Crippen LogP contribution in [0.3, 0.4) is 0 Å². The maximum absolute atomic E-state index is 11.4. The third-order valence-corrected chi connectivity index (χ3v) is 5.88. The van der Waals surface area contributed by atoms with Gasteiger partial charge in [0.2, 0.25) is 0 Å². The number of rotatable bonds is 23. The molecule has 14 heteroatoms. The molecule has 0 saturated heterocycles. The van der Waals surface area contributed by atoms with Crippen molar-refractivity contribution < 1.29 is 129 Å². The van der Waals surface area contributed by atoms with Gasteiger partial charge in [0, 0.05) is 24.8 Å². The van der Waals surface area contributed by atoms with Gasteiger partial charge in [-0.05, 0) is 51.4 Å². The SMILES string of the molecule is C=CCCCCCCCCC(=O)OC(=O)[C@@H](N)CCC(=O)[O-].CCCCCCCC(=O)OC(=O)[C@@H](N)CCC(=O)[O-].[K+].[Na+]. The number of esters is 4. The zero-order chi connectivity index (χ0) is 31.5. The maximum Gasteiger partial charge on any atom is 1.00 e. The van der Waals surface area contributed by atoms with Crippen LogP contribution in [0.4, 0.5) is 0 Å². The summed E-state index contributed by atoms with van der Waals surface area (Å²) in [5.41, 5.74) is 10.8. The van der Waals surface area contributed by atoms with E-state index in [0.717, 1.165) is 64.2 Å². The fourth-order valence-electron chi connectivity index (χ4n) is 3.40. The van der Waals surface area contributed by atoms with E-state index < -0.39 is 47.9 Å². The number of carboxylic acid groups (broad SMARTS) is 2. The third-order valence-electron chi connectivity index (χ3n) is 5.88. The number of carbonyl (C=O) groups is 6. The quantitative estimate of drug-likeness (QED) is 0.0353. The van der Waals surface area contributed by atoms with E-state index in [9.17, 15) is 39.0 Å². The molecule has 0 rings (SSSR count). The van der Waals surface area contributed by atoms with Crippen LogP contribution in [-0.2, 0) is 38.2 Å². The van der Waals surface area contributed by atoms with E-state index >= 15 is 0 Å². The van der Waals surface area contributed by atoms with Crippen LogP contribution in [0.1, 0.15) is 122 Å². The van der Waals surface area contributed by atoms with Gasteiger partial charge in [-0.25, -0.2) is 9.59 Å². The topological polar surface area (TPSA) is 219 Å². The van der Waals surface area contributed by atoms with Crippen LogP contribution in [0.15, 0.2) is 12.7 Å². The molecule has 0 fully saturated rings. The molecule has 0 aromatic carbocycles. The summed E-state index contributed by atoms with van der Waals surface area (Å²) in [6, 6.07) is -2.20. The Hall–Kier alpha value is -0.484. The summed E-state index contributed by atoms with van der Waals surface area (Å²) in [5, 5.41) is 20.4. The average Bonchev–Trinajstić information content (AvgIpc) is 2.91. The van der Waals surface area contributed by atoms with Crippen LogP contribution in [0, 0.1) is 0 Å². The predicted octanol–water partition coefficient (Wildman–Crippen LogP) is -4.50. The Morgan fingerprint density at radius 1 is 0.651 bits per heavy atom. The van der Waals surface area contributed by atoms with Gasteiger partial charge in [0.05, 0.1) is 0 Å². The van der Waals surface area contributed by atoms with Crippen molar-refractivity contribution in [2.45, 2.75) is 135 Å². The summed E-state index contributed by atoms with van der Waals surface area (Å²) in [6.45, 7) is 5.76. The Morgan fingerprint density at radius 3 is 1.35 bits per heavy atom. The van der Waals surface area contributed by atoms with Gasteiger partial charge in [0.15, 0.2) is 0 Å². The molecule has 43 heavy (non-hydrogen) atoms. The second kappa shape index (κ2) is 34.4. The number of nitrogens with two attached hydrogens (primary N) is 2. The van der Waals surface area contributed by atoms with Gasteiger partial charge in [0.1, 0.15) is 12.1 Å². The average molecular weight is 647 g/mol. The van der Waals surface area contributed by atoms with E-state index in [1.165, 1.54) is 0 Å². The molecule has 236 valence electrons. The Morgan fingerprint density at radius 2 is 1.00 bits per heavy atom. The summed E-state index contributed by atoms with van der Waals surface area (Å²) in [4.78, 5) is 65.9. The van der Waals surface area contributed by atoms with E-state index in [-0.39, 0.29) is 119 Å². The van der Waals surface area contributed by atoms with Gasteiger partial charge < -0.3 is 40.7 Å². The van der Waals surface area contributed by atoms with Crippen molar-refractivity contribution in [2.24, 2.45) is 11.5 Å². The van der Waals surface area contributed by atoms with Gasteiger partial charge in [-0.15, -0.1) is 6.58 Å². The molecule has 0 unspecified atom stereocenters. The first kappa shape index (κ1) is 49.4. The molecule has 0 radical (unpaired) electrons. The Kier molecular flexibility index (Phi) is 39.5. The van der Waals surface area contributed by atoms with E-state index in [0.29, 0.717) is 12.8 Å². The number of ether oxygens (including phenoxy) is 2. The van der Waals surface area contributed by atoms with E-state index in [2.05, 4.69) is 23.0 Å². The molecule has 0 spiro atoms. The van der Waals surface area contributed by atoms with Gasteiger partial charge in [-0.1, -0.05) is 64.4 Å². The smallest absolute Gasteiger partial charge is 0.550 e. The minimum atomic E-state index is -1.29. The largest absolute Gasteiger partial charge is 1.00 e. The summed E-state index contributed by atoms with van der Waals surface area (Å²) >= 11 is 0. The Labute approximate surface area is 320 Å². The second-order valence-corrected chi connectivity index (χ2v) is 9.73. The molecule has 0 aliphatic carbocycles. The molecule has 0 bridgehead atoms. The van der Waals surface area contributed by atoms with Crippen molar-refractivity contribution in [1.82, 2.24) is 0 Å². The van der Waals surface area contributed by atoms with Crippen molar-refractivity contribution in [1.29, 1.82) is 0 Å². The van der Waals surface area contributed by atoms with Crippen molar-refractivity contribution in [3.05, 3.63) is 12.7 Å². The van der Waals surface area contributed by atoms with Crippen LogP contribution in [0.25, 0.3) is 0 Å². The number of hydrogen-bond donors (Lipinski definition) is 2. The van der Waals surface area contributed by atoms with Crippen molar-refractivity contribution >= 4 is 35.8 Å². The number of unbranched alkanes of at least 4 members (excludes halogenated alkanes) is 10. The van der Waals surface area contributed by atoms with Gasteiger partial charge in [0.25, 0.3) is 0 Å². The molecular weight excluding hydrogens is 598 g/mol. The number of carbonyl (C=O) groups excluding carboxylic acids is 6. The molecular formula is C29H48KN2NaO10. The molecule has 12 nitrogen and oxygen atoms in total. The summed E-state index contributed by atoms with van der Waals surface area (Å²) in [7, 11) is 0. The van der Waals surface area contributed by atoms with Crippen LogP contribution in [0.2, 0.25) is 0 Å². The van der Waals surface area contributed by atoms with Gasteiger partial charge in [-0.3, -0.25) is 9.59 Å². The van der Waals surface area contributed by atoms with Gasteiger partial charge in [-0.2, -0.15) is 0 Å². The zero-order valence-electron chi connectivity index (χ0n) is 26.4. The van der Waals surface area contributed by atoms with Crippen LogP contribution in [-0.4, -0.2) is 47.9 Å². The maximum atomic E-state index is 11.4. The van der Waals surface area contributed by atoms with Crippen LogP contribution >= 0.6 is 0 Å². The van der Waals surface area contributed by atoms with Crippen molar-refractivity contribution in [2.75, 3.05) is 0 Å². The standard InChI is InChI=1S/C16H27NO5.C13H23NO5.K.Na/c1-2-3-4-5-6-7-8-9-10-15(20)22-16(21)13(17)11-12-14(18)19;1-2-3-4-5-6-7-12(17)19-13(18)10(14)8-9-11(15)16;;/h2,13H,1,3-12,17H2,(H,18,19);10H,2-9,14H2,1H3,(H,15,16);;/q;;2*+1/p-2/t13-;10-;;/m00../s1. The number of carboxylic acids is 2. The van der Waals surface area contributed by atoms with Crippen molar-refractivity contribution in [3.63, 3.8) is 0 Å². The third kappa shape index (κ3) is 35.9. The number of aliphatic carboxylic acids is 2. The molecule has 0 aromatic rings. The first-order valence-electron chi connectivity index (χ1n) is 14.4. The fraction of sp³-hybridized carbons (Fsp3) is 0.724.